The molecule has 2 aromatic heterocycles. The van der Waals surface area contributed by atoms with Crippen molar-refractivity contribution in [3.8, 4) is 11.4 Å². The summed E-state index contributed by atoms with van der Waals surface area (Å²) in [5, 5.41) is 11.5. The number of nitrogens with zero attached hydrogens (tertiary/aromatic N) is 3. The van der Waals surface area contributed by atoms with Crippen LogP contribution in [0.25, 0.3) is 17.0 Å². The number of halogens is 1. The molecule has 0 spiro atoms. The van der Waals surface area contributed by atoms with Crippen LogP contribution in [0, 0.1) is 0 Å². The first-order valence-corrected chi connectivity index (χ1v) is 7.76. The van der Waals surface area contributed by atoms with Gasteiger partial charge in [-0.1, -0.05) is 32.4 Å². The van der Waals surface area contributed by atoms with Crippen LogP contribution in [0.3, 0.4) is 0 Å². The van der Waals surface area contributed by atoms with E-state index in [1.807, 2.05) is 24.3 Å². The van der Waals surface area contributed by atoms with Gasteiger partial charge in [0.05, 0.1) is 5.69 Å². The highest BCUT2D eigenvalue weighted by Crippen LogP contribution is 2.31. The van der Waals surface area contributed by atoms with Gasteiger partial charge in [-0.3, -0.25) is 5.10 Å². The summed E-state index contributed by atoms with van der Waals surface area (Å²) in [6, 6.07) is 7.86. The van der Waals surface area contributed by atoms with E-state index in [1.165, 1.54) is 0 Å². The van der Waals surface area contributed by atoms with Crippen molar-refractivity contribution in [2.45, 2.75) is 26.2 Å². The first kappa shape index (κ1) is 15.8. The Morgan fingerprint density at radius 1 is 1.26 bits per heavy atom. The second-order valence-corrected chi connectivity index (χ2v) is 6.79. The third-order valence-electron chi connectivity index (χ3n) is 3.55. The molecular weight excluding hydrogens is 314 g/mol. The predicted octanol–water partition coefficient (Wildman–Crippen LogP) is 3.69. The average Bonchev–Trinajstić information content (AvgIpc) is 3.05. The molecule has 23 heavy (non-hydrogen) atoms. The normalized spacial score (nSPS) is 12.0. The summed E-state index contributed by atoms with van der Waals surface area (Å²) in [6.45, 7) is 6.75. The molecule has 0 fully saturated rings. The van der Waals surface area contributed by atoms with Crippen LogP contribution in [-0.2, 0) is 10.2 Å². The Bertz CT molecular complexity index is 813. The lowest BCUT2D eigenvalue weighted by atomic mass is 9.92. The summed E-state index contributed by atoms with van der Waals surface area (Å²) in [5.41, 5.74) is 3.40. The molecule has 3 rings (SSSR count). The van der Waals surface area contributed by atoms with Crippen LogP contribution in [0.1, 0.15) is 26.5 Å². The maximum Gasteiger partial charge on any atom is 0.194 e. The van der Waals surface area contributed by atoms with Gasteiger partial charge >= 0.3 is 0 Å². The molecule has 122 valence electrons. The minimum absolute atomic E-state index is 0.0890. The van der Waals surface area contributed by atoms with E-state index in [1.54, 1.807) is 11.7 Å². The van der Waals surface area contributed by atoms with E-state index in [2.05, 4.69) is 41.3 Å². The standard InChI is InChI=1S/C16H20ClN5O/c1-16(2,3)13-12(17)15-19-14(21-22(15)20-13)10-5-7-11(8-6-10)18-9-23-4/h5-8,18,20H,9H2,1-4H3. The molecule has 0 aliphatic rings. The van der Waals surface area contributed by atoms with Crippen molar-refractivity contribution in [3.63, 3.8) is 0 Å². The van der Waals surface area contributed by atoms with E-state index in [0.29, 0.717) is 23.2 Å². The Hall–Kier alpha value is -2.05. The molecule has 0 radical (unpaired) electrons. The molecule has 1 aromatic carbocycles. The van der Waals surface area contributed by atoms with Crippen molar-refractivity contribution in [3.05, 3.63) is 35.0 Å². The van der Waals surface area contributed by atoms with Crippen LogP contribution in [0.15, 0.2) is 24.3 Å². The van der Waals surface area contributed by atoms with Gasteiger partial charge in [0.25, 0.3) is 0 Å². The summed E-state index contributed by atoms with van der Waals surface area (Å²) < 4.78 is 6.62. The molecule has 3 aromatic rings. The lowest BCUT2D eigenvalue weighted by Gasteiger charge is -2.16. The summed E-state index contributed by atoms with van der Waals surface area (Å²) >= 11 is 6.45. The van der Waals surface area contributed by atoms with Gasteiger partial charge in [-0.25, -0.2) is 4.98 Å². The van der Waals surface area contributed by atoms with Crippen molar-refractivity contribution in [2.75, 3.05) is 19.2 Å². The van der Waals surface area contributed by atoms with Gasteiger partial charge in [0.1, 0.15) is 11.8 Å². The number of benzene rings is 1. The molecule has 0 aliphatic carbocycles. The van der Waals surface area contributed by atoms with Crippen LogP contribution in [0.4, 0.5) is 5.69 Å². The molecule has 6 nitrogen and oxygen atoms in total. The van der Waals surface area contributed by atoms with Gasteiger partial charge < -0.3 is 10.1 Å². The van der Waals surface area contributed by atoms with E-state index < -0.39 is 0 Å². The minimum Gasteiger partial charge on any atom is -0.365 e. The number of hydrogen-bond acceptors (Lipinski definition) is 4. The highest BCUT2D eigenvalue weighted by molar-refractivity contribution is 6.34. The molecule has 0 unspecified atom stereocenters. The van der Waals surface area contributed by atoms with Gasteiger partial charge in [0, 0.05) is 23.8 Å². The zero-order chi connectivity index (χ0) is 16.6. The van der Waals surface area contributed by atoms with Crippen molar-refractivity contribution in [1.82, 2.24) is 19.8 Å². The van der Waals surface area contributed by atoms with E-state index in [4.69, 9.17) is 16.3 Å². The van der Waals surface area contributed by atoms with Crippen molar-refractivity contribution in [1.29, 1.82) is 0 Å². The quantitative estimate of drug-likeness (QED) is 0.714. The number of nitrogens with one attached hydrogen (secondary N) is 2. The highest BCUT2D eigenvalue weighted by atomic mass is 35.5. The SMILES string of the molecule is COCNc1ccc(-c2nc3c(Cl)c(C(C)(C)C)[nH]n3n2)cc1. The lowest BCUT2D eigenvalue weighted by molar-refractivity contribution is 0.221. The second-order valence-electron chi connectivity index (χ2n) is 6.41. The zero-order valence-electron chi connectivity index (χ0n) is 13.6. The third-order valence-corrected chi connectivity index (χ3v) is 3.91. The van der Waals surface area contributed by atoms with Gasteiger partial charge in [0.15, 0.2) is 11.5 Å². The van der Waals surface area contributed by atoms with E-state index >= 15 is 0 Å². The van der Waals surface area contributed by atoms with Crippen LogP contribution >= 0.6 is 11.6 Å². The number of H-pyrrole nitrogens is 1. The Morgan fingerprint density at radius 3 is 2.52 bits per heavy atom. The summed E-state index contributed by atoms with van der Waals surface area (Å²) in [5.74, 6) is 0.636. The molecule has 2 heterocycles. The van der Waals surface area contributed by atoms with Crippen LogP contribution in [-0.4, -0.2) is 33.7 Å². The van der Waals surface area contributed by atoms with E-state index in [0.717, 1.165) is 16.9 Å². The average molecular weight is 334 g/mol. The maximum atomic E-state index is 6.45. The molecule has 0 atom stereocenters. The zero-order valence-corrected chi connectivity index (χ0v) is 14.4. The topological polar surface area (TPSA) is 67.2 Å². The number of aromatic amines is 1. The van der Waals surface area contributed by atoms with E-state index in [-0.39, 0.29) is 5.41 Å². The smallest absolute Gasteiger partial charge is 0.194 e. The van der Waals surface area contributed by atoms with Crippen molar-refractivity contribution in [2.24, 2.45) is 0 Å². The van der Waals surface area contributed by atoms with Crippen LogP contribution < -0.4 is 5.32 Å². The number of aromatic nitrogens is 4. The van der Waals surface area contributed by atoms with Crippen molar-refractivity contribution >= 4 is 22.9 Å². The fourth-order valence-electron chi connectivity index (χ4n) is 2.31. The molecule has 0 saturated carbocycles. The Labute approximate surface area is 139 Å². The van der Waals surface area contributed by atoms with Crippen LogP contribution in [0.2, 0.25) is 5.02 Å². The maximum absolute atomic E-state index is 6.45. The monoisotopic (exact) mass is 333 g/mol. The second kappa shape index (κ2) is 5.86. The molecule has 0 bridgehead atoms. The number of ether oxygens (including phenoxy) is 1. The predicted molar refractivity (Wildman–Crippen MR) is 92.0 cm³/mol. The summed E-state index contributed by atoms with van der Waals surface area (Å²) in [6.07, 6.45) is 0. The number of anilines is 1. The first-order valence-electron chi connectivity index (χ1n) is 7.38. The molecule has 0 amide bonds. The fourth-order valence-corrected chi connectivity index (χ4v) is 2.76. The Balaban J connectivity index is 1.92. The number of fused-ring (bicyclic) bond motifs is 1. The van der Waals surface area contributed by atoms with Gasteiger partial charge in [0.2, 0.25) is 0 Å². The fraction of sp³-hybridized carbons (Fsp3) is 0.375. The third kappa shape index (κ3) is 3.04. The first-order chi connectivity index (χ1) is 10.9. The summed E-state index contributed by atoms with van der Waals surface area (Å²) in [7, 11) is 1.65. The highest BCUT2D eigenvalue weighted by Gasteiger charge is 2.24. The Kier molecular flexibility index (Phi) is 4.04. The lowest BCUT2D eigenvalue weighted by Crippen LogP contribution is -2.12. The van der Waals surface area contributed by atoms with Crippen LogP contribution in [0.5, 0.6) is 0 Å². The van der Waals surface area contributed by atoms with Gasteiger partial charge in [-0.05, 0) is 24.3 Å². The molecule has 7 heteroatoms. The largest absolute Gasteiger partial charge is 0.365 e. The molecule has 0 aliphatic heterocycles. The van der Waals surface area contributed by atoms with Gasteiger partial charge in [-0.15, -0.1) is 5.10 Å². The molecule has 2 N–H and O–H groups in total. The minimum atomic E-state index is -0.0890. The summed E-state index contributed by atoms with van der Waals surface area (Å²) in [4.78, 5) is 4.55. The number of hydrogen-bond donors (Lipinski definition) is 2. The van der Waals surface area contributed by atoms with Gasteiger partial charge in [-0.2, -0.15) is 4.63 Å². The van der Waals surface area contributed by atoms with Crippen molar-refractivity contribution < 1.29 is 4.74 Å². The number of rotatable bonds is 4. The molecular formula is C16H20ClN5O. The number of methoxy groups -OCH3 is 1. The molecule has 0 saturated heterocycles. The van der Waals surface area contributed by atoms with E-state index in [9.17, 15) is 0 Å². The Morgan fingerprint density at radius 2 is 1.96 bits per heavy atom.